The molecule has 4 nitrogen and oxygen atoms in total. The minimum atomic E-state index is -0.0837. The molecule has 0 aliphatic carbocycles. The second-order valence-corrected chi connectivity index (χ2v) is 7.55. The van der Waals surface area contributed by atoms with E-state index in [1.54, 1.807) is 12.3 Å². The number of nitrogens with zero attached hydrogens (tertiary/aromatic N) is 3. The molecule has 0 aliphatic heterocycles. The number of hydrogen-bond donors (Lipinski definition) is 0. The molecule has 3 aromatic carbocycles. The molecule has 5 rings (SSSR count). The third kappa shape index (κ3) is 3.44. The van der Waals surface area contributed by atoms with Crippen LogP contribution in [0.5, 0.6) is 0 Å². The fourth-order valence-corrected chi connectivity index (χ4v) is 4.12. The number of fused-ring (bicyclic) bond motifs is 2. The number of hydrogen-bond acceptors (Lipinski definition) is 5. The number of para-hydroxylation sites is 3. The van der Waals surface area contributed by atoms with Crippen molar-refractivity contribution < 1.29 is 4.79 Å². The van der Waals surface area contributed by atoms with E-state index in [1.807, 2.05) is 78.9 Å². The van der Waals surface area contributed by atoms with Gasteiger partial charge in [0.05, 0.1) is 38.7 Å². The predicted octanol–water partition coefficient (Wildman–Crippen LogP) is 5.66. The topological polar surface area (TPSA) is 55.7 Å². The van der Waals surface area contributed by atoms with Gasteiger partial charge < -0.3 is 0 Å². The standard InChI is InChI=1S/C24H15N3OS/c28-23(16-8-2-1-3-9-16)18(24-27-21-12-6-7-13-22(21)29-24)14-17-15-25-19-10-4-5-11-20(19)26-17/h1-15H/b18-14-. The summed E-state index contributed by atoms with van der Waals surface area (Å²) in [6.45, 7) is 0. The van der Waals surface area contributed by atoms with Crippen LogP contribution >= 0.6 is 11.3 Å². The Kier molecular flexibility index (Phi) is 4.42. The van der Waals surface area contributed by atoms with Crippen molar-refractivity contribution in [1.82, 2.24) is 15.0 Å². The first-order valence-electron chi connectivity index (χ1n) is 9.17. The number of rotatable bonds is 4. The fraction of sp³-hybridized carbons (Fsp3) is 0. The second kappa shape index (κ2) is 7.37. The van der Waals surface area contributed by atoms with Crippen molar-refractivity contribution in [3.8, 4) is 0 Å². The lowest BCUT2D eigenvalue weighted by atomic mass is 10.0. The van der Waals surface area contributed by atoms with E-state index in [4.69, 9.17) is 4.98 Å². The Bertz CT molecular complexity index is 1340. The molecule has 138 valence electrons. The normalized spacial score (nSPS) is 11.8. The molecule has 0 fully saturated rings. The molecule has 2 aromatic heterocycles. The summed E-state index contributed by atoms with van der Waals surface area (Å²) < 4.78 is 1.04. The smallest absolute Gasteiger partial charge is 0.196 e. The highest BCUT2D eigenvalue weighted by atomic mass is 32.1. The van der Waals surface area contributed by atoms with Gasteiger partial charge in [-0.25, -0.2) is 9.97 Å². The monoisotopic (exact) mass is 393 g/mol. The maximum absolute atomic E-state index is 13.3. The van der Waals surface area contributed by atoms with Gasteiger partial charge in [-0.2, -0.15) is 0 Å². The number of allylic oxidation sites excluding steroid dienone is 1. The molecule has 0 atom stereocenters. The molecule has 0 unspecified atom stereocenters. The van der Waals surface area contributed by atoms with E-state index >= 15 is 0 Å². The summed E-state index contributed by atoms with van der Waals surface area (Å²) in [5.74, 6) is -0.0837. The molecule has 2 heterocycles. The zero-order valence-corrected chi connectivity index (χ0v) is 16.1. The Labute approximate surface area is 171 Å². The molecule has 0 bridgehead atoms. The van der Waals surface area contributed by atoms with Crippen LogP contribution in [0.2, 0.25) is 0 Å². The summed E-state index contributed by atoms with van der Waals surface area (Å²) in [6, 6.07) is 24.8. The number of benzene rings is 3. The Morgan fingerprint density at radius 1 is 0.759 bits per heavy atom. The van der Waals surface area contributed by atoms with Crippen LogP contribution in [-0.4, -0.2) is 20.7 Å². The van der Waals surface area contributed by atoms with Gasteiger partial charge in [0.25, 0.3) is 0 Å². The van der Waals surface area contributed by atoms with Gasteiger partial charge in [0, 0.05) is 5.56 Å². The third-order valence-electron chi connectivity index (χ3n) is 4.56. The lowest BCUT2D eigenvalue weighted by Crippen LogP contribution is -2.03. The number of carbonyl (C=O) groups is 1. The van der Waals surface area contributed by atoms with Crippen LogP contribution < -0.4 is 0 Å². The summed E-state index contributed by atoms with van der Waals surface area (Å²) in [5, 5.41) is 0.676. The molecule has 0 saturated heterocycles. The Morgan fingerprint density at radius 2 is 1.45 bits per heavy atom. The first-order valence-corrected chi connectivity index (χ1v) is 9.99. The van der Waals surface area contributed by atoms with Crippen molar-refractivity contribution in [1.29, 1.82) is 0 Å². The summed E-state index contributed by atoms with van der Waals surface area (Å²) >= 11 is 1.50. The lowest BCUT2D eigenvalue weighted by molar-refractivity contribution is 0.105. The summed E-state index contributed by atoms with van der Waals surface area (Å²) in [4.78, 5) is 27.2. The van der Waals surface area contributed by atoms with Gasteiger partial charge in [-0.15, -0.1) is 11.3 Å². The number of thiazole rings is 1. The van der Waals surface area contributed by atoms with E-state index in [0.29, 0.717) is 21.8 Å². The number of ketones is 1. The van der Waals surface area contributed by atoms with Gasteiger partial charge >= 0.3 is 0 Å². The fourth-order valence-electron chi connectivity index (χ4n) is 3.15. The first-order chi connectivity index (χ1) is 14.3. The summed E-state index contributed by atoms with van der Waals surface area (Å²) in [5.41, 5.74) is 4.25. The first kappa shape index (κ1) is 17.4. The quantitative estimate of drug-likeness (QED) is 0.292. The largest absolute Gasteiger partial charge is 0.288 e. The number of Topliss-reactive ketones (excluding diaryl/α,β-unsaturated/α-hetero) is 1. The molecule has 5 heteroatoms. The van der Waals surface area contributed by atoms with Gasteiger partial charge in [0.2, 0.25) is 0 Å². The van der Waals surface area contributed by atoms with Crippen molar-refractivity contribution >= 4 is 50.0 Å². The van der Waals surface area contributed by atoms with Crippen molar-refractivity contribution in [2.24, 2.45) is 0 Å². The molecule has 0 radical (unpaired) electrons. The van der Waals surface area contributed by atoms with Crippen LogP contribution in [0.15, 0.2) is 85.1 Å². The van der Waals surface area contributed by atoms with Gasteiger partial charge in [0.1, 0.15) is 5.01 Å². The van der Waals surface area contributed by atoms with Gasteiger partial charge in [-0.1, -0.05) is 54.6 Å². The van der Waals surface area contributed by atoms with Crippen molar-refractivity contribution in [3.05, 3.63) is 101 Å². The highest BCUT2D eigenvalue weighted by Gasteiger charge is 2.19. The zero-order chi connectivity index (χ0) is 19.6. The zero-order valence-electron chi connectivity index (χ0n) is 15.3. The van der Waals surface area contributed by atoms with E-state index < -0.39 is 0 Å². The molecule has 5 aromatic rings. The molecule has 0 amide bonds. The molecule has 0 spiro atoms. The van der Waals surface area contributed by atoms with Crippen LogP contribution in [0.4, 0.5) is 0 Å². The average molecular weight is 393 g/mol. The van der Waals surface area contributed by atoms with E-state index in [9.17, 15) is 4.79 Å². The molecule has 0 N–H and O–H groups in total. The molecule has 0 saturated carbocycles. The maximum Gasteiger partial charge on any atom is 0.196 e. The van der Waals surface area contributed by atoms with E-state index in [2.05, 4.69) is 9.97 Å². The van der Waals surface area contributed by atoms with Crippen LogP contribution in [0.3, 0.4) is 0 Å². The third-order valence-corrected chi connectivity index (χ3v) is 5.63. The molecule has 0 aliphatic rings. The second-order valence-electron chi connectivity index (χ2n) is 6.52. The number of aromatic nitrogens is 3. The lowest BCUT2D eigenvalue weighted by Gasteiger charge is -2.05. The van der Waals surface area contributed by atoms with Gasteiger partial charge in [-0.3, -0.25) is 9.78 Å². The number of carbonyl (C=O) groups excluding carboxylic acids is 1. The summed E-state index contributed by atoms with van der Waals surface area (Å²) in [6.07, 6.45) is 3.47. The molecular weight excluding hydrogens is 378 g/mol. The van der Waals surface area contributed by atoms with Crippen LogP contribution in [0, 0.1) is 0 Å². The minimum absolute atomic E-state index is 0.0837. The van der Waals surface area contributed by atoms with Crippen LogP contribution in [-0.2, 0) is 0 Å². The summed E-state index contributed by atoms with van der Waals surface area (Å²) in [7, 11) is 0. The molecule has 29 heavy (non-hydrogen) atoms. The Balaban J connectivity index is 1.68. The van der Waals surface area contributed by atoms with E-state index in [-0.39, 0.29) is 5.78 Å². The van der Waals surface area contributed by atoms with Crippen LogP contribution in [0.25, 0.3) is 32.9 Å². The highest BCUT2D eigenvalue weighted by Crippen LogP contribution is 2.30. The predicted molar refractivity (Wildman–Crippen MR) is 118 cm³/mol. The van der Waals surface area contributed by atoms with Crippen molar-refractivity contribution in [2.45, 2.75) is 0 Å². The average Bonchev–Trinajstić information content (AvgIpc) is 3.21. The Morgan fingerprint density at radius 3 is 2.24 bits per heavy atom. The maximum atomic E-state index is 13.3. The van der Waals surface area contributed by atoms with Crippen LogP contribution in [0.1, 0.15) is 21.1 Å². The Hall–Kier alpha value is -3.70. The van der Waals surface area contributed by atoms with E-state index in [1.165, 1.54) is 11.3 Å². The SMILES string of the molecule is O=C(/C(=C/c1cnc2ccccc2n1)c1nc2ccccc2s1)c1ccccc1. The van der Waals surface area contributed by atoms with Gasteiger partial charge in [0.15, 0.2) is 5.78 Å². The van der Waals surface area contributed by atoms with Crippen molar-refractivity contribution in [3.63, 3.8) is 0 Å². The molecular formula is C24H15N3OS. The van der Waals surface area contributed by atoms with Crippen molar-refractivity contribution in [2.75, 3.05) is 0 Å². The minimum Gasteiger partial charge on any atom is -0.288 e. The van der Waals surface area contributed by atoms with Gasteiger partial charge in [-0.05, 0) is 30.3 Å². The highest BCUT2D eigenvalue weighted by molar-refractivity contribution is 7.20. The van der Waals surface area contributed by atoms with E-state index in [0.717, 1.165) is 21.3 Å².